The summed E-state index contributed by atoms with van der Waals surface area (Å²) in [5, 5.41) is 117. The fourth-order valence-electron chi connectivity index (χ4n) is 12.6. The molecule has 5 aliphatic heterocycles. The molecular weight excluding hydrogens is 1380 g/mol. The topological polar surface area (TPSA) is 330 Å². The quantitative estimate of drug-likeness (QED) is 0.103. The lowest BCUT2D eigenvalue weighted by atomic mass is 9.70. The first-order valence-electron chi connectivity index (χ1n) is 27.7. The summed E-state index contributed by atoms with van der Waals surface area (Å²) in [5.74, 6) is 13.8. The molecule has 4 aromatic rings. The first kappa shape index (κ1) is 69.7. The molecule has 24 heteroatoms. The molecule has 2 amide bonds. The van der Waals surface area contributed by atoms with Crippen LogP contribution in [-0.4, -0.2) is 235 Å². The molecule has 7 aliphatic rings. The van der Waals surface area contributed by atoms with Crippen molar-refractivity contribution in [3.63, 3.8) is 0 Å². The zero-order valence-corrected chi connectivity index (χ0v) is 52.2. The maximum atomic E-state index is 12.4. The SMILES string of the molecule is C.C#C[C@H]1O[C@H](CO)[C@@H](O)[C@H](O)[C@@H]1O.COC(=O)N1CCC2(CC1)c1cc(Br)ccc1-c1ccc(Br)cc12.COC(=O)N1CCC2(CC1)c1cc(C#C[C@H]3O[C@H](CO)[C@@H](O)[C@H](O)[C@@H]3O)ccc1-c1ccc(C#C[C@H]3O[C@H](CO)[C@@H](O)[C@H](O)[C@@H]3O)cc12.I. The van der Waals surface area contributed by atoms with Crippen molar-refractivity contribution in [1.29, 1.82) is 0 Å². The molecule has 0 unspecified atom stereocenters. The number of aliphatic hydroxyl groups excluding tert-OH is 12. The van der Waals surface area contributed by atoms with Crippen LogP contribution in [0.1, 0.15) is 66.5 Å². The van der Waals surface area contributed by atoms with Crippen LogP contribution < -0.4 is 0 Å². The Morgan fingerprint density at radius 3 is 1.11 bits per heavy atom. The minimum absolute atomic E-state index is 0. The fraction of sp³-hybridized carbons (Fsp3) is 0.492. The summed E-state index contributed by atoms with van der Waals surface area (Å²) in [6, 6.07) is 24.6. The van der Waals surface area contributed by atoms with Crippen molar-refractivity contribution >= 4 is 68.0 Å². The molecule has 2 aliphatic carbocycles. The number of amides is 2. The van der Waals surface area contributed by atoms with Gasteiger partial charge in [-0.05, 0) is 119 Å². The lowest BCUT2D eigenvalue weighted by Gasteiger charge is -2.40. The Morgan fingerprint density at radius 1 is 0.506 bits per heavy atom. The van der Waals surface area contributed by atoms with E-state index in [1.807, 2.05) is 36.4 Å². The van der Waals surface area contributed by atoms with Crippen LogP contribution in [-0.2, 0) is 34.5 Å². The van der Waals surface area contributed by atoms with Crippen LogP contribution in [0.15, 0.2) is 81.7 Å². The standard InChI is InChI=1S/C35H39NO12.C19H17Br2NO2.C8H12O5.CH4.HI/c1-46-34(45)36-12-10-35(11-13-36)22-14-18(4-8-24-28(39)32(43)30(41)26(16-37)47-24)2-6-20(22)21-7-3-19(15-23(21)35)5-9-25-29(40)33(44)31(42)27(17-38)48-25;1-24-18(23)22-8-6-19(7-9-22)16-10-12(20)2-4-14(16)15-5-3-13(21)11-17(15)19;1-2-4-6(10)8(12)7(11)5(3-9)13-4;;/h2-3,6-7,14-15,24-33,37-44H,10-13,16-17H2,1H3;2-5,10-11H,6-9H2,1H3;1,4-12H,3H2;1H4;1H/t24-,25-,26-,27-,28-,29-,30-,31-,32-,33-;;4-,5-,6-,7-,8-;;/m1.1../s1. The summed E-state index contributed by atoms with van der Waals surface area (Å²) in [4.78, 5) is 27.7. The molecule has 5 saturated heterocycles. The van der Waals surface area contributed by atoms with Crippen LogP contribution in [0.3, 0.4) is 0 Å². The molecule has 5 fully saturated rings. The van der Waals surface area contributed by atoms with E-state index in [2.05, 4.69) is 97.9 Å². The number of fused-ring (bicyclic) bond motifs is 10. The molecule has 15 atom stereocenters. The van der Waals surface area contributed by atoms with E-state index in [0.29, 0.717) is 50.1 Å². The number of methoxy groups -OCH3 is 2. The molecule has 0 radical (unpaired) electrons. The van der Waals surface area contributed by atoms with Gasteiger partial charge in [-0.2, -0.15) is 0 Å². The van der Waals surface area contributed by atoms with Crippen molar-refractivity contribution in [2.45, 2.75) is 135 Å². The second-order valence-corrected chi connectivity index (χ2v) is 23.8. The Bertz CT molecular complexity index is 3110. The molecule has 2 spiro atoms. The summed E-state index contributed by atoms with van der Waals surface area (Å²) in [5.41, 5.74) is 9.95. The Balaban J connectivity index is 0.000000228. The van der Waals surface area contributed by atoms with Gasteiger partial charge in [0.1, 0.15) is 91.6 Å². The molecule has 11 rings (SSSR count). The molecule has 12 N–H and O–H groups in total. The number of carbonyl (C=O) groups excluding carboxylic acids is 2. The summed E-state index contributed by atoms with van der Waals surface area (Å²) >= 11 is 7.25. The van der Waals surface area contributed by atoms with E-state index in [1.165, 1.54) is 36.5 Å². The first-order valence-corrected chi connectivity index (χ1v) is 29.2. The number of aliphatic hydroxyl groups is 12. The van der Waals surface area contributed by atoms with Gasteiger partial charge in [-0.3, -0.25) is 0 Å². The van der Waals surface area contributed by atoms with Crippen molar-refractivity contribution in [3.05, 3.63) is 115 Å². The maximum absolute atomic E-state index is 12.4. The predicted molar refractivity (Wildman–Crippen MR) is 333 cm³/mol. The number of terminal acetylenes is 1. The largest absolute Gasteiger partial charge is 0.453 e. The maximum Gasteiger partial charge on any atom is 0.409 e. The smallest absolute Gasteiger partial charge is 0.409 e. The Kier molecular flexibility index (Phi) is 23.6. The highest BCUT2D eigenvalue weighted by Gasteiger charge is 2.49. The molecule has 470 valence electrons. The molecule has 21 nitrogen and oxygen atoms in total. The monoisotopic (exact) mass is 1450 g/mol. The molecule has 4 aromatic carbocycles. The zero-order chi connectivity index (χ0) is 61.2. The number of halogens is 3. The van der Waals surface area contributed by atoms with Gasteiger partial charge < -0.3 is 94.8 Å². The molecule has 87 heavy (non-hydrogen) atoms. The lowest BCUT2D eigenvalue weighted by molar-refractivity contribution is -0.214. The molecule has 5 heterocycles. The van der Waals surface area contributed by atoms with Crippen LogP contribution in [0, 0.1) is 36.0 Å². The normalized spacial score (nSPS) is 30.1. The second kappa shape index (κ2) is 29.4. The number of ether oxygens (including phenoxy) is 5. The summed E-state index contributed by atoms with van der Waals surface area (Å²) in [6.45, 7) is 0.707. The number of likely N-dealkylation sites (tertiary alicyclic amines) is 2. The van der Waals surface area contributed by atoms with Crippen molar-refractivity contribution in [2.75, 3.05) is 60.2 Å². The van der Waals surface area contributed by atoms with Crippen molar-refractivity contribution in [3.8, 4) is 58.3 Å². The number of hydrogen-bond acceptors (Lipinski definition) is 19. The summed E-state index contributed by atoms with van der Waals surface area (Å²) < 4.78 is 28.1. The van der Waals surface area contributed by atoms with Gasteiger partial charge in [0.2, 0.25) is 0 Å². The van der Waals surface area contributed by atoms with Gasteiger partial charge in [-0.1, -0.05) is 93.2 Å². The van der Waals surface area contributed by atoms with Crippen molar-refractivity contribution in [2.24, 2.45) is 0 Å². The minimum Gasteiger partial charge on any atom is -0.453 e. The minimum atomic E-state index is -1.54. The number of hydrogen-bond donors (Lipinski definition) is 12. The molecule has 0 aromatic heterocycles. The number of nitrogens with zero attached hydrogens (tertiary/aromatic N) is 2. The lowest BCUT2D eigenvalue weighted by Crippen LogP contribution is -2.58. The third-order valence-corrected chi connectivity index (χ3v) is 18.3. The van der Waals surface area contributed by atoms with E-state index in [9.17, 15) is 65.8 Å². The van der Waals surface area contributed by atoms with Gasteiger partial charge >= 0.3 is 12.2 Å². The zero-order valence-electron chi connectivity index (χ0n) is 46.7. The molecule has 0 saturated carbocycles. The van der Waals surface area contributed by atoms with Crippen LogP contribution in [0.4, 0.5) is 9.59 Å². The summed E-state index contributed by atoms with van der Waals surface area (Å²) in [7, 11) is 2.79. The Labute approximate surface area is 538 Å². The van der Waals surface area contributed by atoms with Crippen molar-refractivity contribution < 1.29 is 94.6 Å². The number of benzene rings is 4. The summed E-state index contributed by atoms with van der Waals surface area (Å²) in [6.07, 6.45) is -12.1. The van der Waals surface area contributed by atoms with Gasteiger partial charge in [0, 0.05) is 57.1 Å². The van der Waals surface area contributed by atoms with Crippen LogP contribution >= 0.6 is 55.8 Å². The van der Waals surface area contributed by atoms with E-state index in [-0.39, 0.29) is 42.9 Å². The van der Waals surface area contributed by atoms with E-state index >= 15 is 0 Å². The number of carbonyl (C=O) groups is 2. The van der Waals surface area contributed by atoms with Gasteiger partial charge in [0.05, 0.1) is 34.0 Å². The Hall–Kier alpha value is -4.81. The highest BCUT2D eigenvalue weighted by molar-refractivity contribution is 14.0. The average Bonchev–Trinajstić information content (AvgIpc) is 1.60. The first-order chi connectivity index (χ1) is 40.7. The van der Waals surface area contributed by atoms with E-state index in [1.54, 1.807) is 9.80 Å². The van der Waals surface area contributed by atoms with E-state index in [4.69, 9.17) is 35.2 Å². The highest BCUT2D eigenvalue weighted by Crippen LogP contribution is 2.56. The molecule has 0 bridgehead atoms. The van der Waals surface area contributed by atoms with Gasteiger partial charge in [-0.25, -0.2) is 9.59 Å². The van der Waals surface area contributed by atoms with Crippen LogP contribution in [0.25, 0.3) is 22.3 Å². The van der Waals surface area contributed by atoms with Crippen molar-refractivity contribution in [1.82, 2.24) is 9.80 Å². The van der Waals surface area contributed by atoms with E-state index in [0.717, 1.165) is 44.0 Å². The fourth-order valence-corrected chi connectivity index (χ4v) is 13.3. The third-order valence-electron chi connectivity index (χ3n) is 17.3. The third kappa shape index (κ3) is 13.6. The second-order valence-electron chi connectivity index (χ2n) is 21.9. The number of rotatable bonds is 3. The van der Waals surface area contributed by atoms with Gasteiger partial charge in [0.15, 0.2) is 0 Å². The van der Waals surface area contributed by atoms with Crippen LogP contribution in [0.5, 0.6) is 0 Å². The van der Waals surface area contributed by atoms with Crippen LogP contribution in [0.2, 0.25) is 0 Å². The Morgan fingerprint density at radius 2 is 0.805 bits per heavy atom. The van der Waals surface area contributed by atoms with Gasteiger partial charge in [0.25, 0.3) is 0 Å². The predicted octanol–water partition coefficient (Wildman–Crippen LogP) is 2.26. The molecular formula is C63H73Br2IN2O19. The van der Waals surface area contributed by atoms with Gasteiger partial charge in [-0.15, -0.1) is 30.4 Å². The highest BCUT2D eigenvalue weighted by atomic mass is 127. The average molecular weight is 1450 g/mol. The van der Waals surface area contributed by atoms with E-state index < -0.39 is 123 Å². The number of piperidine rings is 2.